The number of likely N-dealkylation sites (N-methyl/N-ethyl adjacent to an activating group) is 1. The Morgan fingerprint density at radius 2 is 2.28 bits per heavy atom. The molecule has 3 nitrogen and oxygen atoms in total. The Morgan fingerprint density at radius 1 is 1.44 bits per heavy atom. The molecule has 5 heteroatoms. The number of hydrogen-bond acceptors (Lipinski definition) is 4. The number of thiazole rings is 1. The van der Waals surface area contributed by atoms with Gasteiger partial charge in [0.25, 0.3) is 0 Å². The van der Waals surface area contributed by atoms with Crippen molar-refractivity contribution in [3.63, 3.8) is 0 Å². The Labute approximate surface area is 116 Å². The number of hydrogen-bond donors (Lipinski definition) is 1. The molecule has 2 aromatic heterocycles. The Balaban J connectivity index is 2.14. The van der Waals surface area contributed by atoms with Gasteiger partial charge in [0.05, 0.1) is 21.8 Å². The maximum Gasteiger partial charge on any atom is 0.0947 e. The van der Waals surface area contributed by atoms with Gasteiger partial charge in [0.1, 0.15) is 0 Å². The molecule has 0 bridgehead atoms. The first-order valence-electron chi connectivity index (χ1n) is 5.95. The van der Waals surface area contributed by atoms with Crippen molar-refractivity contribution in [1.82, 2.24) is 15.3 Å². The minimum atomic E-state index is 0.192. The molecule has 1 N–H and O–H groups in total. The van der Waals surface area contributed by atoms with E-state index in [9.17, 15) is 0 Å². The highest BCUT2D eigenvalue weighted by Crippen LogP contribution is 2.20. The third-order valence-electron chi connectivity index (χ3n) is 2.60. The summed E-state index contributed by atoms with van der Waals surface area (Å²) in [5.74, 6) is 0. The predicted octanol–water partition coefficient (Wildman–Crippen LogP) is 3.39. The smallest absolute Gasteiger partial charge is 0.0947 e. The van der Waals surface area contributed by atoms with Gasteiger partial charge in [-0.15, -0.1) is 11.3 Å². The van der Waals surface area contributed by atoms with Crippen molar-refractivity contribution >= 4 is 22.9 Å². The number of aryl methyl sites for hydroxylation is 1. The van der Waals surface area contributed by atoms with Gasteiger partial charge in [-0.1, -0.05) is 18.5 Å². The van der Waals surface area contributed by atoms with Gasteiger partial charge in [-0.25, -0.2) is 4.98 Å². The van der Waals surface area contributed by atoms with E-state index in [0.29, 0.717) is 5.02 Å². The van der Waals surface area contributed by atoms with E-state index in [0.717, 1.165) is 29.4 Å². The van der Waals surface area contributed by atoms with E-state index in [-0.39, 0.29) is 6.04 Å². The summed E-state index contributed by atoms with van der Waals surface area (Å²) in [7, 11) is 0. The zero-order chi connectivity index (χ0) is 13.0. The van der Waals surface area contributed by atoms with Crippen LogP contribution < -0.4 is 5.32 Å². The van der Waals surface area contributed by atoms with E-state index in [4.69, 9.17) is 11.6 Å². The largest absolute Gasteiger partial charge is 0.309 e. The summed E-state index contributed by atoms with van der Waals surface area (Å²) in [4.78, 5) is 8.88. The average Bonchev–Trinajstić information content (AvgIpc) is 2.75. The van der Waals surface area contributed by atoms with E-state index in [1.54, 1.807) is 17.5 Å². The molecule has 2 heterocycles. The lowest BCUT2D eigenvalue weighted by Crippen LogP contribution is -2.23. The zero-order valence-corrected chi connectivity index (χ0v) is 12.1. The minimum Gasteiger partial charge on any atom is -0.309 e. The van der Waals surface area contributed by atoms with Crippen LogP contribution in [0.15, 0.2) is 23.7 Å². The topological polar surface area (TPSA) is 37.8 Å². The maximum absolute atomic E-state index is 5.86. The van der Waals surface area contributed by atoms with Crippen LogP contribution in [-0.2, 0) is 6.42 Å². The molecule has 0 spiro atoms. The first-order valence-corrected chi connectivity index (χ1v) is 7.20. The first-order chi connectivity index (χ1) is 8.69. The molecule has 0 radical (unpaired) electrons. The van der Waals surface area contributed by atoms with E-state index < -0.39 is 0 Å². The SMILES string of the molecule is CCNC(Cc1nc(C)cs1)c1ccc(Cl)cn1. The van der Waals surface area contributed by atoms with Gasteiger partial charge in [-0.05, 0) is 25.6 Å². The van der Waals surface area contributed by atoms with Crippen LogP contribution in [0.25, 0.3) is 0 Å². The van der Waals surface area contributed by atoms with E-state index in [2.05, 4.69) is 27.6 Å². The highest BCUT2D eigenvalue weighted by molar-refractivity contribution is 7.09. The van der Waals surface area contributed by atoms with Gasteiger partial charge in [0.2, 0.25) is 0 Å². The van der Waals surface area contributed by atoms with Crippen molar-refractivity contribution < 1.29 is 0 Å². The number of aromatic nitrogens is 2. The molecule has 0 fully saturated rings. The first kappa shape index (κ1) is 13.5. The Hall–Kier alpha value is -0.970. The van der Waals surface area contributed by atoms with Crippen LogP contribution in [0, 0.1) is 6.92 Å². The Kier molecular flexibility index (Phi) is 4.69. The van der Waals surface area contributed by atoms with Crippen LogP contribution >= 0.6 is 22.9 Å². The van der Waals surface area contributed by atoms with Crippen LogP contribution in [0.3, 0.4) is 0 Å². The normalized spacial score (nSPS) is 12.6. The number of rotatable bonds is 5. The molecule has 0 saturated heterocycles. The van der Waals surface area contributed by atoms with Crippen molar-refractivity contribution in [2.24, 2.45) is 0 Å². The number of pyridine rings is 1. The highest BCUT2D eigenvalue weighted by Gasteiger charge is 2.14. The fourth-order valence-corrected chi connectivity index (χ4v) is 2.72. The highest BCUT2D eigenvalue weighted by atomic mass is 35.5. The van der Waals surface area contributed by atoms with Crippen LogP contribution in [0.1, 0.15) is 29.4 Å². The van der Waals surface area contributed by atoms with Crippen molar-refractivity contribution in [2.45, 2.75) is 26.3 Å². The third kappa shape index (κ3) is 3.51. The molecule has 0 amide bonds. The molecular formula is C13H16ClN3S. The van der Waals surface area contributed by atoms with Crippen LogP contribution in [-0.4, -0.2) is 16.5 Å². The standard InChI is InChI=1S/C13H16ClN3S/c1-3-15-12(6-13-17-9(2)8-18-13)11-5-4-10(14)7-16-11/h4-5,7-8,12,15H,3,6H2,1-2H3. The lowest BCUT2D eigenvalue weighted by Gasteiger charge is -2.16. The summed E-state index contributed by atoms with van der Waals surface area (Å²) in [6.45, 7) is 5.01. The number of nitrogens with zero attached hydrogens (tertiary/aromatic N) is 2. The molecule has 96 valence electrons. The molecule has 18 heavy (non-hydrogen) atoms. The Bertz CT molecular complexity index is 495. The summed E-state index contributed by atoms with van der Waals surface area (Å²) in [5, 5.41) is 7.31. The van der Waals surface area contributed by atoms with Gasteiger partial charge < -0.3 is 5.32 Å². The summed E-state index contributed by atoms with van der Waals surface area (Å²) >= 11 is 7.56. The maximum atomic E-state index is 5.86. The molecule has 2 rings (SSSR count). The number of nitrogens with one attached hydrogen (secondary N) is 1. The molecule has 0 aliphatic heterocycles. The quantitative estimate of drug-likeness (QED) is 0.913. The minimum absolute atomic E-state index is 0.192. The summed E-state index contributed by atoms with van der Waals surface area (Å²) in [6, 6.07) is 4.04. The van der Waals surface area contributed by atoms with Gasteiger partial charge >= 0.3 is 0 Å². The predicted molar refractivity (Wildman–Crippen MR) is 76.2 cm³/mol. The molecule has 0 aliphatic carbocycles. The van der Waals surface area contributed by atoms with Gasteiger partial charge in [0, 0.05) is 23.7 Å². The summed E-state index contributed by atoms with van der Waals surface area (Å²) in [5.41, 5.74) is 2.09. The van der Waals surface area contributed by atoms with Crippen molar-refractivity contribution in [3.8, 4) is 0 Å². The second-order valence-corrected chi connectivity index (χ2v) is 5.48. The van der Waals surface area contributed by atoms with Gasteiger partial charge in [-0.3, -0.25) is 4.98 Å². The molecule has 2 aromatic rings. The summed E-state index contributed by atoms with van der Waals surface area (Å²) < 4.78 is 0. The van der Waals surface area contributed by atoms with E-state index in [1.165, 1.54) is 0 Å². The molecule has 0 aromatic carbocycles. The van der Waals surface area contributed by atoms with Crippen LogP contribution in [0.2, 0.25) is 5.02 Å². The molecule has 1 unspecified atom stereocenters. The van der Waals surface area contributed by atoms with Gasteiger partial charge in [-0.2, -0.15) is 0 Å². The lowest BCUT2D eigenvalue weighted by molar-refractivity contribution is 0.535. The molecular weight excluding hydrogens is 266 g/mol. The molecule has 0 aliphatic rings. The molecule has 1 atom stereocenters. The fraction of sp³-hybridized carbons (Fsp3) is 0.385. The third-order valence-corrected chi connectivity index (χ3v) is 3.82. The molecule has 0 saturated carbocycles. The second kappa shape index (κ2) is 6.27. The van der Waals surface area contributed by atoms with E-state index in [1.807, 2.05) is 19.1 Å². The average molecular weight is 282 g/mol. The van der Waals surface area contributed by atoms with Crippen molar-refractivity contribution in [1.29, 1.82) is 0 Å². The Morgan fingerprint density at radius 3 is 2.83 bits per heavy atom. The fourth-order valence-electron chi connectivity index (χ4n) is 1.79. The number of halogens is 1. The van der Waals surface area contributed by atoms with Crippen molar-refractivity contribution in [2.75, 3.05) is 6.54 Å². The van der Waals surface area contributed by atoms with Gasteiger partial charge in [0.15, 0.2) is 0 Å². The lowest BCUT2D eigenvalue weighted by atomic mass is 10.1. The summed E-state index contributed by atoms with van der Waals surface area (Å²) in [6.07, 6.45) is 2.55. The monoisotopic (exact) mass is 281 g/mol. The van der Waals surface area contributed by atoms with E-state index >= 15 is 0 Å². The van der Waals surface area contributed by atoms with Crippen LogP contribution in [0.4, 0.5) is 0 Å². The zero-order valence-electron chi connectivity index (χ0n) is 10.5. The second-order valence-electron chi connectivity index (χ2n) is 4.10. The van der Waals surface area contributed by atoms with Crippen LogP contribution in [0.5, 0.6) is 0 Å². The van der Waals surface area contributed by atoms with Crippen molar-refractivity contribution in [3.05, 3.63) is 45.1 Å².